The fourth-order valence-electron chi connectivity index (χ4n) is 5.27. The number of carbonyl (C=O) groups excluding carboxylic acids is 1. The molecule has 0 radical (unpaired) electrons. The van der Waals surface area contributed by atoms with Gasteiger partial charge in [-0.05, 0) is 79.1 Å². The Morgan fingerprint density at radius 1 is 0.909 bits per heavy atom. The van der Waals surface area contributed by atoms with E-state index < -0.39 is 0 Å². The van der Waals surface area contributed by atoms with Gasteiger partial charge in [0.05, 0.1) is 5.70 Å². The second-order valence-electron chi connectivity index (χ2n) is 10.8. The number of carbonyl (C=O) groups is 1. The lowest BCUT2D eigenvalue weighted by Crippen LogP contribution is -2.46. The molecule has 0 atom stereocenters. The van der Waals surface area contributed by atoms with Crippen LogP contribution in [0.5, 0.6) is 0 Å². The molecule has 6 rings (SSSR count). The molecule has 0 amide bonds. The zero-order valence-corrected chi connectivity index (χ0v) is 26.5. The molecular formula is C38H45N5O. The molecule has 0 aliphatic carbocycles. The Bertz CT molecular complexity index is 1510. The average molecular weight is 588 g/mol. The maximum Gasteiger partial charge on any atom is 0.202 e. The highest BCUT2D eigenvalue weighted by Gasteiger charge is 2.25. The van der Waals surface area contributed by atoms with Crippen LogP contribution in [0.2, 0.25) is 0 Å². The maximum absolute atomic E-state index is 12.3. The average Bonchev–Trinajstić information content (AvgIpc) is 3.08. The van der Waals surface area contributed by atoms with E-state index >= 15 is 0 Å². The molecule has 0 saturated carbocycles. The summed E-state index contributed by atoms with van der Waals surface area (Å²) in [7, 11) is 1.95. The molecule has 0 unspecified atom stereocenters. The lowest BCUT2D eigenvalue weighted by molar-refractivity contribution is -0.112. The summed E-state index contributed by atoms with van der Waals surface area (Å²) in [4.78, 5) is 23.7. The molecule has 1 aromatic heterocycles. The number of anilines is 3. The van der Waals surface area contributed by atoms with E-state index in [4.69, 9.17) is 0 Å². The molecule has 2 aromatic carbocycles. The predicted octanol–water partition coefficient (Wildman–Crippen LogP) is 8.00. The summed E-state index contributed by atoms with van der Waals surface area (Å²) in [5, 5.41) is 3.16. The van der Waals surface area contributed by atoms with Crippen LogP contribution in [0.15, 0.2) is 127 Å². The van der Waals surface area contributed by atoms with Crippen LogP contribution in [0, 0.1) is 6.92 Å². The van der Waals surface area contributed by atoms with E-state index in [0.29, 0.717) is 5.70 Å². The topological polar surface area (TPSA) is 51.7 Å². The minimum Gasteiger partial charge on any atom is -0.388 e. The van der Waals surface area contributed by atoms with Crippen molar-refractivity contribution in [2.24, 2.45) is 0 Å². The third-order valence-electron chi connectivity index (χ3n) is 7.47. The van der Waals surface area contributed by atoms with Gasteiger partial charge in [-0.15, -0.1) is 0 Å². The van der Waals surface area contributed by atoms with Crippen LogP contribution in [-0.2, 0) is 4.79 Å². The highest BCUT2D eigenvalue weighted by Crippen LogP contribution is 2.34. The molecule has 44 heavy (non-hydrogen) atoms. The summed E-state index contributed by atoms with van der Waals surface area (Å²) in [6.07, 6.45) is 13.4. The fraction of sp³-hybridized carbons (Fsp3) is 0.263. The third kappa shape index (κ3) is 8.16. The fourth-order valence-corrected chi connectivity index (χ4v) is 5.27. The van der Waals surface area contributed by atoms with Gasteiger partial charge in [0.25, 0.3) is 0 Å². The van der Waals surface area contributed by atoms with Gasteiger partial charge in [-0.3, -0.25) is 4.79 Å². The number of aryl methyl sites for hydroxylation is 1. The lowest BCUT2D eigenvalue weighted by Gasteiger charge is -2.36. The van der Waals surface area contributed by atoms with Crippen molar-refractivity contribution in [1.82, 2.24) is 9.88 Å². The second-order valence-corrected chi connectivity index (χ2v) is 10.8. The normalized spacial score (nSPS) is 15.3. The summed E-state index contributed by atoms with van der Waals surface area (Å²) < 4.78 is 0. The van der Waals surface area contributed by atoms with E-state index in [1.807, 2.05) is 79.7 Å². The largest absolute Gasteiger partial charge is 0.388 e. The van der Waals surface area contributed by atoms with Gasteiger partial charge in [-0.25, -0.2) is 4.98 Å². The molecule has 228 valence electrons. The van der Waals surface area contributed by atoms with Crippen molar-refractivity contribution in [2.75, 3.05) is 48.3 Å². The monoisotopic (exact) mass is 587 g/mol. The number of pyridine rings is 1. The number of allylic oxidation sites excluding steroid dienone is 6. The summed E-state index contributed by atoms with van der Waals surface area (Å²) in [6.45, 7) is 14.0. The molecule has 6 nitrogen and oxygen atoms in total. The Labute approximate surface area is 263 Å². The molecule has 0 bridgehead atoms. The van der Waals surface area contributed by atoms with E-state index in [1.54, 1.807) is 0 Å². The summed E-state index contributed by atoms with van der Waals surface area (Å²) in [5.41, 5.74) is 7.39. The van der Waals surface area contributed by atoms with Crippen LogP contribution >= 0.6 is 0 Å². The minimum absolute atomic E-state index is 0.0468. The Balaban J connectivity index is 0.000000185. The predicted molar refractivity (Wildman–Crippen MR) is 187 cm³/mol. The first-order chi connectivity index (χ1) is 21.5. The van der Waals surface area contributed by atoms with Crippen LogP contribution < -0.4 is 15.1 Å². The summed E-state index contributed by atoms with van der Waals surface area (Å²) in [5.74, 6) is 1.05. The highest BCUT2D eigenvalue weighted by atomic mass is 16.1. The molecule has 4 heterocycles. The molecule has 1 fully saturated rings. The van der Waals surface area contributed by atoms with Crippen LogP contribution in [0.25, 0.3) is 5.57 Å². The van der Waals surface area contributed by atoms with Crippen molar-refractivity contribution in [3.05, 3.63) is 139 Å². The Morgan fingerprint density at radius 3 is 2.23 bits per heavy atom. The van der Waals surface area contributed by atoms with E-state index in [-0.39, 0.29) is 5.78 Å². The molecule has 1 saturated heterocycles. The molecule has 6 heteroatoms. The molecule has 3 aliphatic heterocycles. The number of nitrogens with one attached hydrogen (secondary N) is 1. The Morgan fingerprint density at radius 2 is 1.59 bits per heavy atom. The van der Waals surface area contributed by atoms with Crippen molar-refractivity contribution in [3.63, 3.8) is 0 Å². The smallest absolute Gasteiger partial charge is 0.202 e. The quantitative estimate of drug-likeness (QED) is 0.295. The van der Waals surface area contributed by atoms with Crippen LogP contribution in [0.1, 0.15) is 37.9 Å². The Kier molecular flexibility index (Phi) is 11.8. The van der Waals surface area contributed by atoms with E-state index in [1.165, 1.54) is 18.2 Å². The van der Waals surface area contributed by atoms with Gasteiger partial charge in [0.15, 0.2) is 0 Å². The number of fused-ring (bicyclic) bond motifs is 1. The van der Waals surface area contributed by atoms with Gasteiger partial charge < -0.3 is 20.0 Å². The van der Waals surface area contributed by atoms with Crippen molar-refractivity contribution >= 4 is 28.5 Å². The first kappa shape index (κ1) is 32.1. The van der Waals surface area contributed by atoms with Gasteiger partial charge in [0.1, 0.15) is 5.82 Å². The van der Waals surface area contributed by atoms with E-state index in [9.17, 15) is 4.79 Å². The van der Waals surface area contributed by atoms with Crippen LogP contribution in [0.3, 0.4) is 0 Å². The highest BCUT2D eigenvalue weighted by molar-refractivity contribution is 6.09. The number of nitrogens with zero attached hydrogens (tertiary/aromatic N) is 4. The van der Waals surface area contributed by atoms with Gasteiger partial charge in [0.2, 0.25) is 5.78 Å². The van der Waals surface area contributed by atoms with Gasteiger partial charge in [-0.1, -0.05) is 75.4 Å². The number of aromatic nitrogens is 1. The first-order valence-electron chi connectivity index (χ1n) is 15.5. The molecule has 3 aromatic rings. The first-order valence-corrected chi connectivity index (χ1v) is 15.5. The van der Waals surface area contributed by atoms with Crippen molar-refractivity contribution < 1.29 is 4.79 Å². The van der Waals surface area contributed by atoms with Crippen LogP contribution in [0.4, 0.5) is 17.2 Å². The number of piperazine rings is 1. The molecule has 1 N–H and O–H groups in total. The Hall–Kier alpha value is -4.84. The molecular weight excluding hydrogens is 542 g/mol. The van der Waals surface area contributed by atoms with E-state index in [0.717, 1.165) is 66.6 Å². The third-order valence-corrected chi connectivity index (χ3v) is 7.47. The number of hydrogen-bond donors (Lipinski definition) is 1. The zero-order chi connectivity index (χ0) is 31.3. The number of ketones is 1. The minimum atomic E-state index is -0.0468. The van der Waals surface area contributed by atoms with Gasteiger partial charge >= 0.3 is 0 Å². The zero-order valence-electron chi connectivity index (χ0n) is 26.5. The van der Waals surface area contributed by atoms with Crippen LogP contribution in [-0.4, -0.2) is 48.9 Å². The van der Waals surface area contributed by atoms with E-state index in [2.05, 4.69) is 83.0 Å². The maximum atomic E-state index is 12.3. The van der Waals surface area contributed by atoms with Crippen molar-refractivity contribution in [3.8, 4) is 0 Å². The second kappa shape index (κ2) is 16.1. The summed E-state index contributed by atoms with van der Waals surface area (Å²) in [6, 6.07) is 24.9. The summed E-state index contributed by atoms with van der Waals surface area (Å²) >= 11 is 0. The number of benzene rings is 2. The lowest BCUT2D eigenvalue weighted by atomic mass is 9.93. The SMILES string of the molecule is C=CC(=O)C1=C(c2ccccc2)CC=C2C=CC=CN21.CCC.CNc1ccc(N2CCN(c3cccc(C)n3)CC2)cc1. The van der Waals surface area contributed by atoms with Crippen molar-refractivity contribution in [1.29, 1.82) is 0 Å². The standard InChI is InChI=1S/C18H15NO.C17H22N4.C3H8/c1-2-17(20)18-16(14-8-4-3-5-9-14)12-11-15-10-6-7-13-19(15)18;1-14-4-3-5-17(19-14)21-12-10-20(11-13-21)16-8-6-15(18-2)7-9-16;1-3-2/h2-11,13H,1,12H2;3-9,18H,10-13H2,1-2H3;3H2,1-2H3. The number of rotatable bonds is 6. The molecule has 0 spiro atoms. The number of hydrogen-bond acceptors (Lipinski definition) is 6. The van der Waals surface area contributed by atoms with Gasteiger partial charge in [-0.2, -0.15) is 0 Å². The van der Waals surface area contributed by atoms with Crippen molar-refractivity contribution in [2.45, 2.75) is 33.6 Å². The molecule has 3 aliphatic rings. The van der Waals surface area contributed by atoms with Gasteiger partial charge in [0, 0.05) is 62.2 Å².